The molecule has 4 heterocycles. The van der Waals surface area contributed by atoms with E-state index in [4.69, 9.17) is 0 Å². The molecule has 1 atom stereocenters. The van der Waals surface area contributed by atoms with Crippen molar-refractivity contribution in [3.8, 4) is 11.3 Å². The Morgan fingerprint density at radius 3 is 2.34 bits per heavy atom. The van der Waals surface area contributed by atoms with Gasteiger partial charge in [0.25, 0.3) is 0 Å². The van der Waals surface area contributed by atoms with Crippen LogP contribution in [0.25, 0.3) is 22.2 Å². The second-order valence-corrected chi connectivity index (χ2v) is 9.91. The average molecular weight is 431 g/mol. The van der Waals surface area contributed by atoms with Gasteiger partial charge in [-0.05, 0) is 86.9 Å². The summed E-state index contributed by atoms with van der Waals surface area (Å²) in [6.07, 6.45) is 3.07. The molecule has 32 heavy (non-hydrogen) atoms. The first kappa shape index (κ1) is 21.2. The van der Waals surface area contributed by atoms with Gasteiger partial charge < -0.3 is 15.2 Å². The second-order valence-electron chi connectivity index (χ2n) is 9.91. The molecule has 5 rings (SSSR count). The minimum Gasteiger partial charge on any atom is -0.354 e. The molecule has 0 aliphatic carbocycles. The molecular formula is C27H34N4O. The quantitative estimate of drug-likeness (QED) is 0.610. The molecule has 3 aromatic rings. The van der Waals surface area contributed by atoms with E-state index in [-0.39, 0.29) is 6.04 Å². The first-order valence-corrected chi connectivity index (χ1v) is 12.0. The predicted octanol–water partition coefficient (Wildman–Crippen LogP) is 5.04. The van der Waals surface area contributed by atoms with Gasteiger partial charge in [0, 0.05) is 40.9 Å². The molecule has 168 valence electrons. The minimum atomic E-state index is 0.0650. The van der Waals surface area contributed by atoms with Crippen LogP contribution in [-0.2, 0) is 4.79 Å². The van der Waals surface area contributed by atoms with E-state index in [1.807, 2.05) is 0 Å². The molecule has 1 amide bonds. The molecule has 2 aliphatic rings. The van der Waals surface area contributed by atoms with Crippen LogP contribution in [0.3, 0.4) is 0 Å². The molecule has 2 fully saturated rings. The molecular weight excluding hydrogens is 396 g/mol. The van der Waals surface area contributed by atoms with Gasteiger partial charge in [-0.15, -0.1) is 0 Å². The van der Waals surface area contributed by atoms with E-state index in [0.717, 1.165) is 50.3 Å². The fourth-order valence-corrected chi connectivity index (χ4v) is 5.44. The fraction of sp³-hybridized carbons (Fsp3) is 0.481. The number of amides is 1. The Labute approximate surface area is 190 Å². The van der Waals surface area contributed by atoms with Gasteiger partial charge in [-0.25, -0.2) is 0 Å². The van der Waals surface area contributed by atoms with E-state index in [1.165, 1.54) is 33.3 Å². The largest absolute Gasteiger partial charge is 0.354 e. The standard InChI is InChI=1S/C27H34N4O/c1-16(2)25-22-15-20(19-8-11-31(12-9-19)27(32)24-7-10-28-24)5-6-23(22)30-26(25)21-13-17(3)29-18(4)14-21/h5-6,13-16,19,24,28,30H,7-12H2,1-4H3/t24-/m0/s1. The summed E-state index contributed by atoms with van der Waals surface area (Å²) in [5, 5.41) is 4.58. The van der Waals surface area contributed by atoms with E-state index < -0.39 is 0 Å². The van der Waals surface area contributed by atoms with Crippen molar-refractivity contribution in [1.82, 2.24) is 20.2 Å². The van der Waals surface area contributed by atoms with E-state index in [9.17, 15) is 4.79 Å². The number of H-pyrrole nitrogens is 1. The van der Waals surface area contributed by atoms with Crippen molar-refractivity contribution in [3.05, 3.63) is 52.8 Å². The van der Waals surface area contributed by atoms with Crippen LogP contribution in [0.5, 0.6) is 0 Å². The Hall–Kier alpha value is -2.66. The number of hydrogen-bond donors (Lipinski definition) is 2. The van der Waals surface area contributed by atoms with Crippen molar-refractivity contribution in [3.63, 3.8) is 0 Å². The molecule has 0 unspecified atom stereocenters. The lowest BCUT2D eigenvalue weighted by molar-refractivity contribution is -0.136. The molecule has 2 saturated heterocycles. The predicted molar refractivity (Wildman–Crippen MR) is 130 cm³/mol. The van der Waals surface area contributed by atoms with Crippen LogP contribution in [-0.4, -0.2) is 46.5 Å². The summed E-state index contributed by atoms with van der Waals surface area (Å²) in [7, 11) is 0. The van der Waals surface area contributed by atoms with E-state index in [0.29, 0.717) is 17.7 Å². The van der Waals surface area contributed by atoms with Gasteiger partial charge in [0.2, 0.25) is 5.91 Å². The number of pyridine rings is 1. The van der Waals surface area contributed by atoms with Gasteiger partial charge >= 0.3 is 0 Å². The normalized spacial score (nSPS) is 19.5. The lowest BCUT2D eigenvalue weighted by Gasteiger charge is -2.37. The summed E-state index contributed by atoms with van der Waals surface area (Å²) in [6.45, 7) is 11.4. The highest BCUT2D eigenvalue weighted by molar-refractivity contribution is 5.92. The van der Waals surface area contributed by atoms with Crippen molar-refractivity contribution in [2.45, 2.75) is 64.8 Å². The van der Waals surface area contributed by atoms with Gasteiger partial charge in [0.05, 0.1) is 11.7 Å². The highest BCUT2D eigenvalue weighted by Crippen LogP contribution is 2.38. The summed E-state index contributed by atoms with van der Waals surface area (Å²) in [4.78, 5) is 22.9. The number of piperidine rings is 1. The SMILES string of the molecule is Cc1cc(-c2[nH]c3ccc(C4CCN(C(=O)[C@@H]5CCN5)CC4)cc3c2C(C)C)cc(C)n1. The first-order chi connectivity index (χ1) is 15.4. The first-order valence-electron chi connectivity index (χ1n) is 12.0. The maximum atomic E-state index is 12.6. The highest BCUT2D eigenvalue weighted by atomic mass is 16.2. The van der Waals surface area contributed by atoms with Crippen LogP contribution in [0.15, 0.2) is 30.3 Å². The molecule has 0 saturated carbocycles. The summed E-state index contributed by atoms with van der Waals surface area (Å²) >= 11 is 0. The molecule has 5 heteroatoms. The van der Waals surface area contributed by atoms with Crippen molar-refractivity contribution in [2.24, 2.45) is 0 Å². The van der Waals surface area contributed by atoms with Crippen LogP contribution < -0.4 is 5.32 Å². The van der Waals surface area contributed by atoms with Crippen LogP contribution in [0.1, 0.15) is 67.5 Å². The number of aryl methyl sites for hydroxylation is 2. The number of nitrogens with one attached hydrogen (secondary N) is 2. The molecule has 0 radical (unpaired) electrons. The van der Waals surface area contributed by atoms with E-state index in [1.54, 1.807) is 0 Å². The maximum Gasteiger partial charge on any atom is 0.239 e. The molecule has 2 aromatic heterocycles. The summed E-state index contributed by atoms with van der Waals surface area (Å²) in [6, 6.07) is 11.3. The highest BCUT2D eigenvalue weighted by Gasteiger charge is 2.31. The topological polar surface area (TPSA) is 61.0 Å². The van der Waals surface area contributed by atoms with E-state index >= 15 is 0 Å². The van der Waals surface area contributed by atoms with Crippen molar-refractivity contribution >= 4 is 16.8 Å². The number of fused-ring (bicyclic) bond motifs is 1. The smallest absolute Gasteiger partial charge is 0.239 e. The molecule has 0 bridgehead atoms. The number of likely N-dealkylation sites (tertiary alicyclic amines) is 1. The Kier molecular flexibility index (Phi) is 5.54. The summed E-state index contributed by atoms with van der Waals surface area (Å²) in [5.74, 6) is 1.23. The van der Waals surface area contributed by atoms with Gasteiger partial charge in [-0.2, -0.15) is 0 Å². The van der Waals surface area contributed by atoms with Crippen molar-refractivity contribution in [1.29, 1.82) is 0 Å². The lowest BCUT2D eigenvalue weighted by atomic mass is 9.87. The van der Waals surface area contributed by atoms with E-state index in [2.05, 4.69) is 78.2 Å². The number of aromatic nitrogens is 2. The molecule has 1 aromatic carbocycles. The van der Waals surface area contributed by atoms with Crippen molar-refractivity contribution < 1.29 is 4.79 Å². The van der Waals surface area contributed by atoms with Crippen molar-refractivity contribution in [2.75, 3.05) is 19.6 Å². The van der Waals surface area contributed by atoms with Crippen LogP contribution in [0.4, 0.5) is 0 Å². The lowest BCUT2D eigenvalue weighted by Crippen LogP contribution is -2.55. The van der Waals surface area contributed by atoms with Crippen LogP contribution in [0.2, 0.25) is 0 Å². The number of aromatic amines is 1. The summed E-state index contributed by atoms with van der Waals surface area (Å²) in [5.41, 5.74) is 8.52. The zero-order chi connectivity index (χ0) is 22.4. The number of nitrogens with zero attached hydrogens (tertiary/aromatic N) is 2. The van der Waals surface area contributed by atoms with Gasteiger partial charge in [-0.3, -0.25) is 9.78 Å². The third-order valence-electron chi connectivity index (χ3n) is 7.21. The third-order valence-corrected chi connectivity index (χ3v) is 7.21. The van der Waals surface area contributed by atoms with Gasteiger partial charge in [0.1, 0.15) is 0 Å². The second kappa shape index (κ2) is 8.36. The zero-order valence-corrected chi connectivity index (χ0v) is 19.7. The van der Waals surface area contributed by atoms with Crippen LogP contribution in [0, 0.1) is 13.8 Å². The Balaban J connectivity index is 1.44. The summed E-state index contributed by atoms with van der Waals surface area (Å²) < 4.78 is 0. The zero-order valence-electron chi connectivity index (χ0n) is 19.7. The number of carbonyl (C=O) groups is 1. The Bertz CT molecular complexity index is 1130. The maximum absolute atomic E-state index is 12.6. The molecule has 0 spiro atoms. The Morgan fingerprint density at radius 1 is 1.06 bits per heavy atom. The fourth-order valence-electron chi connectivity index (χ4n) is 5.44. The average Bonchev–Trinajstić information content (AvgIpc) is 3.11. The minimum absolute atomic E-state index is 0.0650. The Morgan fingerprint density at radius 2 is 1.75 bits per heavy atom. The number of carbonyl (C=O) groups excluding carboxylic acids is 1. The molecule has 2 N–H and O–H groups in total. The molecule has 2 aliphatic heterocycles. The number of hydrogen-bond acceptors (Lipinski definition) is 3. The van der Waals surface area contributed by atoms with Crippen LogP contribution >= 0.6 is 0 Å². The number of rotatable bonds is 4. The van der Waals surface area contributed by atoms with Gasteiger partial charge in [-0.1, -0.05) is 19.9 Å². The number of benzene rings is 1. The molecule has 5 nitrogen and oxygen atoms in total. The third kappa shape index (κ3) is 3.83. The van der Waals surface area contributed by atoms with Gasteiger partial charge in [0.15, 0.2) is 0 Å². The monoisotopic (exact) mass is 430 g/mol.